The van der Waals surface area contributed by atoms with Gasteiger partial charge >= 0.3 is 7.12 Å². The van der Waals surface area contributed by atoms with Crippen LogP contribution in [0.1, 0.15) is 38.8 Å². The summed E-state index contributed by atoms with van der Waals surface area (Å²) in [6, 6.07) is 5.73. The van der Waals surface area contributed by atoms with Crippen molar-refractivity contribution in [3.05, 3.63) is 29.3 Å². The highest BCUT2D eigenvalue weighted by Crippen LogP contribution is 2.37. The summed E-state index contributed by atoms with van der Waals surface area (Å²) in [4.78, 5) is 0. The fourth-order valence-corrected chi connectivity index (χ4v) is 2.67. The Morgan fingerprint density at radius 2 is 1.65 bits per heavy atom. The van der Waals surface area contributed by atoms with E-state index in [0.29, 0.717) is 12.1 Å². The minimum Gasteiger partial charge on any atom is -0.423 e. The Hall–Kier alpha value is -0.618. The number of hydrogen-bond donors (Lipinski definition) is 2. The van der Waals surface area contributed by atoms with Crippen LogP contribution in [-0.4, -0.2) is 25.5 Å². The Labute approximate surface area is 124 Å². The molecule has 1 aromatic rings. The van der Waals surface area contributed by atoms with E-state index in [1.807, 2.05) is 12.1 Å². The molecule has 0 unspecified atom stereocenters. The summed E-state index contributed by atoms with van der Waals surface area (Å²) in [6.07, 6.45) is 0.869. The van der Waals surface area contributed by atoms with Gasteiger partial charge in [0.15, 0.2) is 8.32 Å². The molecule has 0 radical (unpaired) electrons. The molecular formula is C15H27BO3Si. The van der Waals surface area contributed by atoms with Crippen LogP contribution < -0.4 is 5.46 Å². The molecule has 112 valence electrons. The van der Waals surface area contributed by atoms with E-state index in [1.165, 1.54) is 0 Å². The maximum Gasteiger partial charge on any atom is 0.488 e. The highest BCUT2D eigenvalue weighted by atomic mass is 28.4. The highest BCUT2D eigenvalue weighted by molar-refractivity contribution is 6.74. The van der Waals surface area contributed by atoms with Crippen LogP contribution in [0.3, 0.4) is 0 Å². The Kier molecular flexibility index (Phi) is 5.61. The molecule has 1 rings (SSSR count). The van der Waals surface area contributed by atoms with Gasteiger partial charge in [-0.05, 0) is 41.1 Å². The molecule has 20 heavy (non-hydrogen) atoms. The molecule has 0 saturated heterocycles. The second kappa shape index (κ2) is 6.43. The average molecular weight is 294 g/mol. The third kappa shape index (κ3) is 4.45. The van der Waals surface area contributed by atoms with E-state index in [0.717, 1.165) is 17.5 Å². The fraction of sp³-hybridized carbons (Fsp3) is 0.600. The number of hydrogen-bond acceptors (Lipinski definition) is 3. The van der Waals surface area contributed by atoms with Crippen molar-refractivity contribution in [3.8, 4) is 0 Å². The zero-order chi connectivity index (χ0) is 15.6. The lowest BCUT2D eigenvalue weighted by Gasteiger charge is -2.36. The van der Waals surface area contributed by atoms with E-state index in [4.69, 9.17) is 4.43 Å². The quantitative estimate of drug-likeness (QED) is 0.820. The van der Waals surface area contributed by atoms with Gasteiger partial charge in [-0.15, -0.1) is 0 Å². The Bertz CT molecular complexity index is 453. The summed E-state index contributed by atoms with van der Waals surface area (Å²) in [6.45, 7) is 13.7. The summed E-state index contributed by atoms with van der Waals surface area (Å²) in [5.74, 6) is 0. The highest BCUT2D eigenvalue weighted by Gasteiger charge is 2.37. The first-order chi connectivity index (χ1) is 9.06. The number of rotatable bonds is 5. The molecule has 0 saturated carbocycles. The lowest BCUT2D eigenvalue weighted by molar-refractivity contribution is 0.276. The van der Waals surface area contributed by atoms with E-state index in [1.54, 1.807) is 0 Å². The molecule has 0 bridgehead atoms. The zero-order valence-corrected chi connectivity index (χ0v) is 14.5. The minimum atomic E-state index is -1.78. The molecule has 0 amide bonds. The molecule has 0 aliphatic heterocycles. The first-order valence-corrected chi connectivity index (χ1v) is 10.1. The average Bonchev–Trinajstić information content (AvgIpc) is 2.34. The molecule has 0 spiro atoms. The van der Waals surface area contributed by atoms with E-state index in [9.17, 15) is 10.0 Å². The van der Waals surface area contributed by atoms with Crippen LogP contribution in [0.15, 0.2) is 18.2 Å². The third-order valence-corrected chi connectivity index (χ3v) is 8.67. The number of aryl methyl sites for hydroxylation is 1. The van der Waals surface area contributed by atoms with Crippen LogP contribution in [0.25, 0.3) is 0 Å². The standard InChI is InChI=1S/C15H27BO3Si/c1-7-12-8-13(10-14(9-12)16(17)18)11-19-20(5,6)15(2,3)4/h8-10,17-18H,7,11H2,1-6H3. The van der Waals surface area contributed by atoms with Crippen molar-refractivity contribution in [3.63, 3.8) is 0 Å². The van der Waals surface area contributed by atoms with Gasteiger partial charge in [-0.3, -0.25) is 0 Å². The Balaban J connectivity index is 2.90. The maximum absolute atomic E-state index is 9.35. The summed E-state index contributed by atoms with van der Waals surface area (Å²) in [5.41, 5.74) is 2.65. The van der Waals surface area contributed by atoms with E-state index >= 15 is 0 Å². The van der Waals surface area contributed by atoms with Gasteiger partial charge in [0.1, 0.15) is 0 Å². The molecule has 0 aromatic heterocycles. The molecule has 5 heteroatoms. The van der Waals surface area contributed by atoms with Crippen molar-refractivity contribution in [1.29, 1.82) is 0 Å². The topological polar surface area (TPSA) is 49.7 Å². The SMILES string of the molecule is CCc1cc(CO[Si](C)(C)C(C)(C)C)cc(B(O)O)c1. The van der Waals surface area contributed by atoms with Gasteiger partial charge in [0.2, 0.25) is 0 Å². The van der Waals surface area contributed by atoms with Crippen LogP contribution in [0, 0.1) is 0 Å². The van der Waals surface area contributed by atoms with Crippen molar-refractivity contribution < 1.29 is 14.5 Å². The molecule has 0 aliphatic carbocycles. The summed E-state index contributed by atoms with van der Waals surface area (Å²) < 4.78 is 6.19. The number of benzene rings is 1. The van der Waals surface area contributed by atoms with Crippen molar-refractivity contribution in [2.75, 3.05) is 0 Å². The van der Waals surface area contributed by atoms with Gasteiger partial charge < -0.3 is 14.5 Å². The molecule has 3 nitrogen and oxygen atoms in total. The molecule has 0 fully saturated rings. The molecule has 2 N–H and O–H groups in total. The third-order valence-electron chi connectivity index (χ3n) is 4.19. The van der Waals surface area contributed by atoms with Crippen LogP contribution in [0.5, 0.6) is 0 Å². The van der Waals surface area contributed by atoms with Crippen molar-refractivity contribution >= 4 is 20.9 Å². The first kappa shape index (κ1) is 17.4. The monoisotopic (exact) mass is 294 g/mol. The van der Waals surface area contributed by atoms with E-state index < -0.39 is 15.4 Å². The first-order valence-electron chi connectivity index (χ1n) is 7.19. The molecule has 1 aromatic carbocycles. The van der Waals surface area contributed by atoms with Gasteiger partial charge in [-0.1, -0.05) is 45.9 Å². The van der Waals surface area contributed by atoms with Gasteiger partial charge in [0, 0.05) is 0 Å². The smallest absolute Gasteiger partial charge is 0.423 e. The predicted octanol–water partition coefficient (Wildman–Crippen LogP) is 2.45. The van der Waals surface area contributed by atoms with Crippen molar-refractivity contribution in [2.24, 2.45) is 0 Å². The maximum atomic E-state index is 9.35. The molecule has 0 atom stereocenters. The van der Waals surface area contributed by atoms with Crippen LogP contribution in [0.4, 0.5) is 0 Å². The van der Waals surface area contributed by atoms with Gasteiger partial charge in [0.05, 0.1) is 6.61 Å². The van der Waals surface area contributed by atoms with Crippen LogP contribution >= 0.6 is 0 Å². The molecule has 0 heterocycles. The van der Waals surface area contributed by atoms with Crippen LogP contribution in [0.2, 0.25) is 18.1 Å². The molecular weight excluding hydrogens is 267 g/mol. The molecule has 0 aliphatic rings. The van der Waals surface area contributed by atoms with Gasteiger partial charge in [-0.25, -0.2) is 0 Å². The normalized spacial score (nSPS) is 12.6. The fourth-order valence-electron chi connectivity index (χ4n) is 1.71. The van der Waals surface area contributed by atoms with Crippen molar-refractivity contribution in [2.45, 2.75) is 58.9 Å². The lowest BCUT2D eigenvalue weighted by atomic mass is 9.78. The largest absolute Gasteiger partial charge is 0.488 e. The lowest BCUT2D eigenvalue weighted by Crippen LogP contribution is -2.40. The van der Waals surface area contributed by atoms with E-state index in [-0.39, 0.29) is 5.04 Å². The summed E-state index contributed by atoms with van der Waals surface area (Å²) in [5, 5.41) is 18.9. The Morgan fingerprint density at radius 3 is 2.10 bits per heavy atom. The Morgan fingerprint density at radius 1 is 1.10 bits per heavy atom. The predicted molar refractivity (Wildman–Crippen MR) is 87.6 cm³/mol. The zero-order valence-electron chi connectivity index (χ0n) is 13.5. The van der Waals surface area contributed by atoms with Gasteiger partial charge in [0.25, 0.3) is 0 Å². The van der Waals surface area contributed by atoms with Crippen molar-refractivity contribution in [1.82, 2.24) is 0 Å². The van der Waals surface area contributed by atoms with Gasteiger partial charge in [-0.2, -0.15) is 0 Å². The van der Waals surface area contributed by atoms with Crippen LogP contribution in [-0.2, 0) is 17.5 Å². The van der Waals surface area contributed by atoms with E-state index in [2.05, 4.69) is 46.9 Å². The summed E-state index contributed by atoms with van der Waals surface area (Å²) >= 11 is 0. The second-order valence-corrected chi connectivity index (χ2v) is 11.7. The minimum absolute atomic E-state index is 0.175. The second-order valence-electron chi connectivity index (χ2n) is 6.86. The summed E-state index contributed by atoms with van der Waals surface area (Å²) in [7, 11) is -3.21.